The molecule has 0 bridgehead atoms. The molecule has 0 unspecified atom stereocenters. The largest absolute Gasteiger partial charge is 0.332 e. The van der Waals surface area contributed by atoms with Crippen LogP contribution in [0.25, 0.3) is 11.0 Å². The van der Waals surface area contributed by atoms with Gasteiger partial charge in [-0.3, -0.25) is 23.4 Å². The SMILES string of the molecule is CCn1nc(C)c2c1c(=O)n(Cc1ccccc1)c(=O)n2CC(=O)Nc1c(C)cccc1C. The Morgan fingerprint density at radius 3 is 2.21 bits per heavy atom. The standard InChI is InChI=1S/C25H27N5O3/c1-5-30-23-22(18(4)27-30)28(15-20(31)26-21-16(2)10-9-11-17(21)3)25(33)29(24(23)32)14-19-12-7-6-8-13-19/h6-13H,5,14-15H2,1-4H3,(H,26,31). The van der Waals surface area contributed by atoms with E-state index in [0.717, 1.165) is 22.4 Å². The molecule has 2 heterocycles. The number of rotatable bonds is 6. The number of anilines is 1. The quantitative estimate of drug-likeness (QED) is 0.494. The third-order valence-electron chi connectivity index (χ3n) is 5.81. The Morgan fingerprint density at radius 1 is 0.909 bits per heavy atom. The van der Waals surface area contributed by atoms with Crippen LogP contribution in [-0.4, -0.2) is 24.8 Å². The van der Waals surface area contributed by atoms with E-state index in [1.165, 1.54) is 9.13 Å². The van der Waals surface area contributed by atoms with Gasteiger partial charge in [0.15, 0.2) is 5.52 Å². The van der Waals surface area contributed by atoms with Crippen LogP contribution >= 0.6 is 0 Å². The fourth-order valence-electron chi connectivity index (χ4n) is 4.18. The number of benzene rings is 2. The van der Waals surface area contributed by atoms with E-state index in [-0.39, 0.29) is 19.0 Å². The molecular weight excluding hydrogens is 418 g/mol. The number of hydrogen-bond acceptors (Lipinski definition) is 4. The first kappa shape index (κ1) is 22.3. The molecule has 33 heavy (non-hydrogen) atoms. The first-order chi connectivity index (χ1) is 15.8. The Balaban J connectivity index is 1.84. The number of aromatic nitrogens is 4. The third-order valence-corrected chi connectivity index (χ3v) is 5.81. The van der Waals surface area contributed by atoms with Crippen molar-refractivity contribution in [3.05, 3.63) is 91.8 Å². The molecule has 0 aliphatic carbocycles. The smallest absolute Gasteiger partial charge is 0.324 e. The highest BCUT2D eigenvalue weighted by Gasteiger charge is 2.22. The number of carbonyl (C=O) groups is 1. The summed E-state index contributed by atoms with van der Waals surface area (Å²) in [5, 5.41) is 7.38. The first-order valence-electron chi connectivity index (χ1n) is 10.9. The Labute approximate surface area is 191 Å². The van der Waals surface area contributed by atoms with Gasteiger partial charge < -0.3 is 5.32 Å². The van der Waals surface area contributed by atoms with Crippen LogP contribution in [0.2, 0.25) is 0 Å². The van der Waals surface area contributed by atoms with Crippen LogP contribution < -0.4 is 16.6 Å². The lowest BCUT2D eigenvalue weighted by molar-refractivity contribution is -0.116. The van der Waals surface area contributed by atoms with Crippen LogP contribution in [-0.2, 0) is 24.4 Å². The number of aryl methyl sites for hydroxylation is 4. The molecule has 8 heteroatoms. The molecule has 0 spiro atoms. The summed E-state index contributed by atoms with van der Waals surface area (Å²) in [4.78, 5) is 39.9. The van der Waals surface area contributed by atoms with Gasteiger partial charge in [0.25, 0.3) is 5.56 Å². The molecule has 0 radical (unpaired) electrons. The minimum Gasteiger partial charge on any atom is -0.324 e. The maximum atomic E-state index is 13.5. The third kappa shape index (κ3) is 4.11. The van der Waals surface area contributed by atoms with E-state index in [1.807, 2.05) is 69.3 Å². The minimum absolute atomic E-state index is 0.112. The molecule has 4 rings (SSSR count). The van der Waals surface area contributed by atoms with Crippen LogP contribution in [0.15, 0.2) is 58.1 Å². The van der Waals surface area contributed by atoms with Crippen molar-refractivity contribution in [2.24, 2.45) is 0 Å². The Kier molecular flexibility index (Phi) is 6.00. The molecule has 0 saturated heterocycles. The zero-order chi connectivity index (χ0) is 23.7. The lowest BCUT2D eigenvalue weighted by Crippen LogP contribution is -2.42. The van der Waals surface area contributed by atoms with Crippen LogP contribution in [0.3, 0.4) is 0 Å². The lowest BCUT2D eigenvalue weighted by Gasteiger charge is -2.15. The number of carbonyl (C=O) groups excluding carboxylic acids is 1. The van der Waals surface area contributed by atoms with Crippen molar-refractivity contribution < 1.29 is 4.79 Å². The monoisotopic (exact) mass is 445 g/mol. The van der Waals surface area contributed by atoms with Crippen molar-refractivity contribution in [2.45, 2.75) is 47.3 Å². The molecule has 1 N–H and O–H groups in total. The Bertz CT molecular complexity index is 1440. The molecule has 170 valence electrons. The second-order valence-corrected chi connectivity index (χ2v) is 8.16. The zero-order valence-corrected chi connectivity index (χ0v) is 19.3. The van der Waals surface area contributed by atoms with Crippen molar-refractivity contribution in [1.82, 2.24) is 18.9 Å². The van der Waals surface area contributed by atoms with Crippen LogP contribution in [0.5, 0.6) is 0 Å². The van der Waals surface area contributed by atoms with Gasteiger partial charge in [0.05, 0.1) is 12.2 Å². The van der Waals surface area contributed by atoms with E-state index in [4.69, 9.17) is 0 Å². The second-order valence-electron chi connectivity index (χ2n) is 8.16. The average molecular weight is 446 g/mol. The van der Waals surface area contributed by atoms with Gasteiger partial charge >= 0.3 is 5.69 Å². The number of hydrogen-bond donors (Lipinski definition) is 1. The van der Waals surface area contributed by atoms with Crippen molar-refractivity contribution in [1.29, 1.82) is 0 Å². The molecule has 0 atom stereocenters. The molecule has 8 nitrogen and oxygen atoms in total. The normalized spacial score (nSPS) is 11.2. The highest BCUT2D eigenvalue weighted by Crippen LogP contribution is 2.20. The number of nitrogens with one attached hydrogen (secondary N) is 1. The van der Waals surface area contributed by atoms with Crippen molar-refractivity contribution in [3.63, 3.8) is 0 Å². The van der Waals surface area contributed by atoms with Gasteiger partial charge in [-0.2, -0.15) is 5.10 Å². The Morgan fingerprint density at radius 2 is 1.58 bits per heavy atom. The highest BCUT2D eigenvalue weighted by molar-refractivity contribution is 5.93. The zero-order valence-electron chi connectivity index (χ0n) is 19.3. The summed E-state index contributed by atoms with van der Waals surface area (Å²) in [5.41, 5.74) is 3.73. The molecule has 2 aromatic carbocycles. The van der Waals surface area contributed by atoms with Gasteiger partial charge in [-0.25, -0.2) is 4.79 Å². The lowest BCUT2D eigenvalue weighted by atomic mass is 10.1. The Hall–Kier alpha value is -3.94. The summed E-state index contributed by atoms with van der Waals surface area (Å²) >= 11 is 0. The molecule has 2 aromatic heterocycles. The fourth-order valence-corrected chi connectivity index (χ4v) is 4.18. The maximum Gasteiger partial charge on any atom is 0.332 e. The van der Waals surface area contributed by atoms with E-state index in [9.17, 15) is 14.4 Å². The van der Waals surface area contributed by atoms with Gasteiger partial charge in [-0.05, 0) is 44.4 Å². The van der Waals surface area contributed by atoms with Gasteiger partial charge in [0, 0.05) is 12.2 Å². The van der Waals surface area contributed by atoms with E-state index >= 15 is 0 Å². The van der Waals surface area contributed by atoms with E-state index in [0.29, 0.717) is 23.3 Å². The van der Waals surface area contributed by atoms with Gasteiger partial charge in [0.1, 0.15) is 12.1 Å². The molecular formula is C25H27N5O3. The highest BCUT2D eigenvalue weighted by atomic mass is 16.2. The summed E-state index contributed by atoms with van der Waals surface area (Å²) in [5.74, 6) is -0.343. The average Bonchev–Trinajstić information content (AvgIpc) is 3.14. The first-order valence-corrected chi connectivity index (χ1v) is 10.9. The van der Waals surface area contributed by atoms with Gasteiger partial charge in [-0.15, -0.1) is 0 Å². The van der Waals surface area contributed by atoms with Crippen LogP contribution in [0.4, 0.5) is 5.69 Å². The summed E-state index contributed by atoms with van der Waals surface area (Å²) in [6.07, 6.45) is 0. The number of amides is 1. The molecule has 4 aromatic rings. The molecule has 0 aliphatic heterocycles. The predicted octanol–water partition coefficient (Wildman–Crippen LogP) is 2.99. The number of fused-ring (bicyclic) bond motifs is 1. The summed E-state index contributed by atoms with van der Waals surface area (Å²) in [7, 11) is 0. The maximum absolute atomic E-state index is 13.5. The minimum atomic E-state index is -0.535. The summed E-state index contributed by atoms with van der Waals surface area (Å²) in [6.45, 7) is 7.82. The summed E-state index contributed by atoms with van der Waals surface area (Å²) in [6, 6.07) is 15.1. The van der Waals surface area contributed by atoms with Gasteiger partial charge in [0.2, 0.25) is 5.91 Å². The summed E-state index contributed by atoms with van der Waals surface area (Å²) < 4.78 is 4.13. The van der Waals surface area contributed by atoms with E-state index < -0.39 is 11.2 Å². The van der Waals surface area contributed by atoms with Crippen molar-refractivity contribution in [3.8, 4) is 0 Å². The van der Waals surface area contributed by atoms with Crippen LogP contribution in [0.1, 0.15) is 29.3 Å². The molecule has 1 amide bonds. The predicted molar refractivity (Wildman–Crippen MR) is 129 cm³/mol. The number of para-hydroxylation sites is 1. The van der Waals surface area contributed by atoms with Crippen molar-refractivity contribution >= 4 is 22.6 Å². The van der Waals surface area contributed by atoms with Crippen LogP contribution in [0, 0.1) is 20.8 Å². The fraction of sp³-hybridized carbons (Fsp3) is 0.280. The molecule has 0 saturated carbocycles. The second kappa shape index (κ2) is 8.90. The number of nitrogens with zero attached hydrogens (tertiary/aromatic N) is 4. The van der Waals surface area contributed by atoms with Crippen molar-refractivity contribution in [2.75, 3.05) is 5.32 Å². The van der Waals surface area contributed by atoms with E-state index in [1.54, 1.807) is 11.6 Å². The van der Waals surface area contributed by atoms with Gasteiger partial charge in [-0.1, -0.05) is 48.5 Å². The molecule has 0 fully saturated rings. The topological polar surface area (TPSA) is 90.9 Å². The molecule has 0 aliphatic rings. The van der Waals surface area contributed by atoms with E-state index in [2.05, 4.69) is 10.4 Å².